The third-order valence-electron chi connectivity index (χ3n) is 2.87. The molecule has 0 saturated heterocycles. The van der Waals surface area contributed by atoms with E-state index in [1.807, 2.05) is 0 Å². The molecule has 0 aliphatic heterocycles. The lowest BCUT2D eigenvalue weighted by Gasteiger charge is -2.15. The molecule has 1 heterocycles. The Balaban J connectivity index is 1.94. The fraction of sp³-hybridized carbons (Fsp3) is 0.692. The Morgan fingerprint density at radius 1 is 1.44 bits per heavy atom. The maximum Gasteiger partial charge on any atom is 0.101 e. The first-order valence-electron chi connectivity index (χ1n) is 5.98. The van der Waals surface area contributed by atoms with Crippen molar-refractivity contribution in [3.63, 3.8) is 0 Å². The van der Waals surface area contributed by atoms with Gasteiger partial charge in [-0.3, -0.25) is 0 Å². The normalized spacial score (nSPS) is 18.8. The van der Waals surface area contributed by atoms with Crippen LogP contribution < -0.4 is 5.32 Å². The first kappa shape index (κ1) is 12.1. The van der Waals surface area contributed by atoms with Crippen molar-refractivity contribution in [1.29, 1.82) is 0 Å². The largest absolute Gasteiger partial charge is 0.386 e. The summed E-state index contributed by atoms with van der Waals surface area (Å²) in [6, 6.07) is 4.86. The molecular weight excluding hydrogens is 218 g/mol. The molecule has 0 spiro atoms. The van der Waals surface area contributed by atoms with Crippen LogP contribution in [-0.2, 0) is 5.41 Å². The third-order valence-corrected chi connectivity index (χ3v) is 4.48. The Bertz CT molecular complexity index is 349. The molecular formula is C13H21NOS. The van der Waals surface area contributed by atoms with Crippen molar-refractivity contribution in [1.82, 2.24) is 5.32 Å². The van der Waals surface area contributed by atoms with E-state index in [0.717, 1.165) is 4.88 Å². The molecule has 1 aliphatic carbocycles. The van der Waals surface area contributed by atoms with Crippen molar-refractivity contribution in [2.45, 2.75) is 51.2 Å². The smallest absolute Gasteiger partial charge is 0.101 e. The molecule has 2 N–H and O–H groups in total. The lowest BCUT2D eigenvalue weighted by atomic mass is 9.95. The summed E-state index contributed by atoms with van der Waals surface area (Å²) in [5, 5.41) is 13.4. The van der Waals surface area contributed by atoms with Gasteiger partial charge in [0.1, 0.15) is 6.10 Å². The van der Waals surface area contributed by atoms with Gasteiger partial charge in [0.05, 0.1) is 0 Å². The van der Waals surface area contributed by atoms with Crippen LogP contribution in [-0.4, -0.2) is 17.7 Å². The topological polar surface area (TPSA) is 32.3 Å². The van der Waals surface area contributed by atoms with Gasteiger partial charge in [-0.25, -0.2) is 0 Å². The molecule has 0 radical (unpaired) electrons. The summed E-state index contributed by atoms with van der Waals surface area (Å²) in [4.78, 5) is 2.42. The summed E-state index contributed by atoms with van der Waals surface area (Å²) in [5.41, 5.74) is 0.187. The minimum absolute atomic E-state index is 0.187. The number of thiophene rings is 1. The maximum absolute atomic E-state index is 10.0. The summed E-state index contributed by atoms with van der Waals surface area (Å²) in [6.07, 6.45) is 2.19. The predicted molar refractivity (Wildman–Crippen MR) is 69.0 cm³/mol. The quantitative estimate of drug-likeness (QED) is 0.847. The Morgan fingerprint density at radius 3 is 2.62 bits per heavy atom. The molecule has 2 rings (SSSR count). The molecule has 1 aromatic rings. The number of nitrogens with one attached hydrogen (secondary N) is 1. The van der Waals surface area contributed by atoms with E-state index >= 15 is 0 Å². The van der Waals surface area contributed by atoms with E-state index in [-0.39, 0.29) is 11.5 Å². The van der Waals surface area contributed by atoms with Gasteiger partial charge in [-0.05, 0) is 30.4 Å². The summed E-state index contributed by atoms with van der Waals surface area (Å²) in [5.74, 6) is 0. The average molecular weight is 239 g/mol. The average Bonchev–Trinajstić information content (AvgIpc) is 2.86. The second-order valence-corrected chi connectivity index (χ2v) is 6.77. The van der Waals surface area contributed by atoms with Crippen molar-refractivity contribution >= 4 is 11.3 Å². The van der Waals surface area contributed by atoms with Crippen LogP contribution in [0.15, 0.2) is 12.1 Å². The highest BCUT2D eigenvalue weighted by molar-refractivity contribution is 7.12. The van der Waals surface area contributed by atoms with Crippen LogP contribution in [0.3, 0.4) is 0 Å². The van der Waals surface area contributed by atoms with Gasteiger partial charge >= 0.3 is 0 Å². The highest BCUT2D eigenvalue weighted by atomic mass is 32.1. The minimum Gasteiger partial charge on any atom is -0.386 e. The van der Waals surface area contributed by atoms with Gasteiger partial charge in [0.25, 0.3) is 0 Å². The Hall–Kier alpha value is -0.380. The monoisotopic (exact) mass is 239 g/mol. The van der Waals surface area contributed by atoms with Crippen molar-refractivity contribution in [2.24, 2.45) is 0 Å². The molecule has 1 atom stereocenters. The van der Waals surface area contributed by atoms with Crippen molar-refractivity contribution in [3.05, 3.63) is 21.9 Å². The van der Waals surface area contributed by atoms with Crippen LogP contribution in [0.1, 0.15) is 49.5 Å². The highest BCUT2D eigenvalue weighted by Crippen LogP contribution is 2.32. The second-order valence-electron chi connectivity index (χ2n) is 5.65. The zero-order valence-electron chi connectivity index (χ0n) is 10.3. The molecule has 1 unspecified atom stereocenters. The number of rotatable bonds is 4. The number of aliphatic hydroxyl groups is 1. The lowest BCUT2D eigenvalue weighted by molar-refractivity contribution is 0.178. The summed E-state index contributed by atoms with van der Waals surface area (Å²) < 4.78 is 0. The van der Waals surface area contributed by atoms with Gasteiger partial charge in [-0.15, -0.1) is 11.3 Å². The van der Waals surface area contributed by atoms with Crippen LogP contribution in [0.25, 0.3) is 0 Å². The van der Waals surface area contributed by atoms with Gasteiger partial charge in [-0.1, -0.05) is 20.8 Å². The minimum atomic E-state index is -0.346. The molecule has 1 fully saturated rings. The van der Waals surface area contributed by atoms with E-state index < -0.39 is 0 Å². The molecule has 0 amide bonds. The van der Waals surface area contributed by atoms with E-state index in [1.165, 1.54) is 17.7 Å². The number of hydrogen-bond acceptors (Lipinski definition) is 3. The zero-order valence-corrected chi connectivity index (χ0v) is 11.1. The standard InChI is InChI=1S/C13H21NOS/c1-13(2,3)12-7-6-11(16-12)10(15)8-14-9-4-5-9/h6-7,9-10,14-15H,4-5,8H2,1-3H3. The number of hydrogen-bond donors (Lipinski definition) is 2. The molecule has 0 bridgehead atoms. The predicted octanol–water partition coefficient (Wildman–Crippen LogP) is 2.83. The van der Waals surface area contributed by atoms with Crippen LogP contribution >= 0.6 is 11.3 Å². The Labute approximate surface area is 102 Å². The molecule has 16 heavy (non-hydrogen) atoms. The SMILES string of the molecule is CC(C)(C)c1ccc(C(O)CNC2CC2)s1. The lowest BCUT2D eigenvalue weighted by Crippen LogP contribution is -2.22. The van der Waals surface area contributed by atoms with Gasteiger partial charge in [0.15, 0.2) is 0 Å². The van der Waals surface area contributed by atoms with Gasteiger partial charge < -0.3 is 10.4 Å². The molecule has 90 valence electrons. The van der Waals surface area contributed by atoms with Crippen molar-refractivity contribution < 1.29 is 5.11 Å². The number of aliphatic hydroxyl groups excluding tert-OH is 1. The molecule has 3 heteroatoms. The van der Waals surface area contributed by atoms with E-state index in [4.69, 9.17) is 0 Å². The summed E-state index contributed by atoms with van der Waals surface area (Å²) >= 11 is 1.73. The van der Waals surface area contributed by atoms with E-state index in [2.05, 4.69) is 38.2 Å². The molecule has 1 aromatic heterocycles. The highest BCUT2D eigenvalue weighted by Gasteiger charge is 2.23. The first-order chi connectivity index (χ1) is 7.47. The van der Waals surface area contributed by atoms with Gasteiger partial charge in [-0.2, -0.15) is 0 Å². The van der Waals surface area contributed by atoms with Crippen LogP contribution in [0.2, 0.25) is 0 Å². The Kier molecular flexibility index (Phi) is 3.38. The van der Waals surface area contributed by atoms with Crippen molar-refractivity contribution in [3.8, 4) is 0 Å². The molecule has 0 aromatic carbocycles. The Morgan fingerprint density at radius 2 is 2.12 bits per heavy atom. The van der Waals surface area contributed by atoms with Crippen molar-refractivity contribution in [2.75, 3.05) is 6.54 Å². The van der Waals surface area contributed by atoms with Crippen LogP contribution in [0, 0.1) is 0 Å². The van der Waals surface area contributed by atoms with E-state index in [9.17, 15) is 5.11 Å². The van der Waals surface area contributed by atoms with Gasteiger partial charge in [0.2, 0.25) is 0 Å². The van der Waals surface area contributed by atoms with Gasteiger partial charge in [0, 0.05) is 22.3 Å². The molecule has 2 nitrogen and oxygen atoms in total. The van der Waals surface area contributed by atoms with Crippen LogP contribution in [0.4, 0.5) is 0 Å². The van der Waals surface area contributed by atoms with E-state index in [0.29, 0.717) is 12.6 Å². The van der Waals surface area contributed by atoms with Crippen LogP contribution in [0.5, 0.6) is 0 Å². The molecule has 1 aliphatic rings. The third kappa shape index (κ3) is 3.06. The molecule has 1 saturated carbocycles. The second kappa shape index (κ2) is 4.47. The first-order valence-corrected chi connectivity index (χ1v) is 6.80. The summed E-state index contributed by atoms with van der Waals surface area (Å²) in [6.45, 7) is 7.31. The summed E-state index contributed by atoms with van der Waals surface area (Å²) in [7, 11) is 0. The fourth-order valence-corrected chi connectivity index (χ4v) is 2.65. The van der Waals surface area contributed by atoms with E-state index in [1.54, 1.807) is 11.3 Å². The zero-order chi connectivity index (χ0) is 11.8. The maximum atomic E-state index is 10.0. The fourth-order valence-electron chi connectivity index (χ4n) is 1.60.